The first-order chi connectivity index (χ1) is 9.65. The fourth-order valence-corrected chi connectivity index (χ4v) is 2.61. The molecule has 2 aliphatic rings. The highest BCUT2D eigenvalue weighted by Crippen LogP contribution is 2.33. The highest BCUT2D eigenvalue weighted by atomic mass is 16.5. The van der Waals surface area contributed by atoms with Crippen LogP contribution in [-0.2, 0) is 0 Å². The van der Waals surface area contributed by atoms with Crippen molar-refractivity contribution in [3.63, 3.8) is 0 Å². The number of amides is 1. The molecular weight excluding hydrogens is 256 g/mol. The van der Waals surface area contributed by atoms with Gasteiger partial charge in [0.15, 0.2) is 6.73 Å². The molecule has 108 valence electrons. The van der Waals surface area contributed by atoms with Gasteiger partial charge in [-0.2, -0.15) is 0 Å². The lowest BCUT2D eigenvalue weighted by molar-refractivity contribution is 0.0593. The number of nitrogens with one attached hydrogen (secondary N) is 1. The quantitative estimate of drug-likeness (QED) is 0.890. The number of hydrogen-bond donors (Lipinski definition) is 1. The highest BCUT2D eigenvalue weighted by molar-refractivity contribution is 5.98. The summed E-state index contributed by atoms with van der Waals surface area (Å²) < 4.78 is 11.7. The largest absolute Gasteiger partial charge is 0.490 e. The predicted molar refractivity (Wildman–Crippen MR) is 75.3 cm³/mol. The fourth-order valence-electron chi connectivity index (χ4n) is 2.61. The number of hydrogen-bond acceptors (Lipinski definition) is 4. The number of aryl methyl sites for hydroxylation is 1. The smallest absolute Gasteiger partial charge is 0.260 e. The summed E-state index contributed by atoms with van der Waals surface area (Å²) in [5.74, 6) is 1.46. The van der Waals surface area contributed by atoms with Crippen LogP contribution >= 0.6 is 0 Å². The van der Waals surface area contributed by atoms with Crippen molar-refractivity contribution in [2.24, 2.45) is 0 Å². The van der Waals surface area contributed by atoms with Gasteiger partial charge < -0.3 is 19.7 Å². The topological polar surface area (TPSA) is 50.8 Å². The Hall–Kier alpha value is -1.75. The molecule has 0 spiro atoms. The Morgan fingerprint density at radius 3 is 2.85 bits per heavy atom. The number of fused-ring (bicyclic) bond motifs is 1. The molecule has 5 nitrogen and oxygen atoms in total. The molecule has 5 heteroatoms. The van der Waals surface area contributed by atoms with Gasteiger partial charge in [-0.25, -0.2) is 0 Å². The van der Waals surface area contributed by atoms with E-state index in [4.69, 9.17) is 9.47 Å². The lowest BCUT2D eigenvalue weighted by Gasteiger charge is -2.28. The molecule has 1 fully saturated rings. The number of benzene rings is 1. The maximum atomic E-state index is 12.1. The molecule has 0 bridgehead atoms. The molecule has 1 aromatic rings. The molecule has 0 aromatic heterocycles. The van der Waals surface area contributed by atoms with Crippen molar-refractivity contribution < 1.29 is 14.3 Å². The summed E-state index contributed by atoms with van der Waals surface area (Å²) in [5.41, 5.74) is 1.60. The summed E-state index contributed by atoms with van der Waals surface area (Å²) in [6.07, 6.45) is 2.27. The minimum absolute atomic E-state index is 0.00256. The average Bonchev–Trinajstić information content (AvgIpc) is 2.46. The van der Waals surface area contributed by atoms with Crippen LogP contribution in [0.15, 0.2) is 12.1 Å². The molecule has 0 radical (unpaired) electrons. The highest BCUT2D eigenvalue weighted by Gasteiger charge is 2.25. The van der Waals surface area contributed by atoms with E-state index in [1.807, 2.05) is 19.1 Å². The Morgan fingerprint density at radius 1 is 1.35 bits per heavy atom. The van der Waals surface area contributed by atoms with Crippen LogP contribution in [0, 0.1) is 6.92 Å². The Kier molecular flexibility index (Phi) is 3.53. The van der Waals surface area contributed by atoms with Crippen LogP contribution in [0.25, 0.3) is 0 Å². The zero-order valence-corrected chi connectivity index (χ0v) is 11.9. The lowest BCUT2D eigenvalue weighted by atomic mass is 10.1. The summed E-state index contributed by atoms with van der Waals surface area (Å²) in [5, 5.41) is 3.32. The van der Waals surface area contributed by atoms with Crippen LogP contribution in [0.3, 0.4) is 0 Å². The summed E-state index contributed by atoms with van der Waals surface area (Å²) >= 11 is 0. The van der Waals surface area contributed by atoms with E-state index in [2.05, 4.69) is 5.32 Å². The van der Waals surface area contributed by atoms with Crippen molar-refractivity contribution in [1.29, 1.82) is 0 Å². The SMILES string of the molecule is Cc1cc2c(cc1OC1CCNCC1)OCN(C)C2=O. The molecular formula is C15H20N2O3. The third-order valence-electron chi connectivity index (χ3n) is 3.85. The van der Waals surface area contributed by atoms with Crippen LogP contribution in [-0.4, -0.2) is 43.8 Å². The van der Waals surface area contributed by atoms with Gasteiger partial charge in [0.2, 0.25) is 0 Å². The minimum atomic E-state index is 0.00256. The standard InChI is InChI=1S/C15H20N2O3/c1-10-7-12-14(19-9-17(2)15(12)18)8-13(10)20-11-3-5-16-6-4-11/h7-8,11,16H,3-6,9H2,1-2H3. The predicted octanol–water partition coefficient (Wildman–Crippen LogP) is 1.55. The van der Waals surface area contributed by atoms with E-state index in [-0.39, 0.29) is 12.0 Å². The van der Waals surface area contributed by atoms with Crippen molar-refractivity contribution in [2.45, 2.75) is 25.9 Å². The number of piperidine rings is 1. The van der Waals surface area contributed by atoms with Crippen molar-refractivity contribution in [1.82, 2.24) is 10.2 Å². The average molecular weight is 276 g/mol. The molecule has 1 amide bonds. The molecule has 0 unspecified atom stereocenters. The molecule has 1 N–H and O–H groups in total. The van der Waals surface area contributed by atoms with Gasteiger partial charge >= 0.3 is 0 Å². The van der Waals surface area contributed by atoms with E-state index in [1.165, 1.54) is 0 Å². The van der Waals surface area contributed by atoms with Crippen molar-refractivity contribution in [2.75, 3.05) is 26.9 Å². The van der Waals surface area contributed by atoms with Gasteiger partial charge in [-0.3, -0.25) is 4.79 Å². The molecule has 2 heterocycles. The van der Waals surface area contributed by atoms with Gasteiger partial charge in [-0.15, -0.1) is 0 Å². The van der Waals surface area contributed by atoms with Crippen LogP contribution in [0.1, 0.15) is 28.8 Å². The first-order valence-corrected chi connectivity index (χ1v) is 7.05. The van der Waals surface area contributed by atoms with Crippen LogP contribution in [0.4, 0.5) is 0 Å². The first-order valence-electron chi connectivity index (χ1n) is 7.05. The van der Waals surface area contributed by atoms with Gasteiger partial charge in [0, 0.05) is 13.1 Å². The summed E-state index contributed by atoms with van der Waals surface area (Å²) in [6.45, 7) is 4.25. The number of carbonyl (C=O) groups excluding carboxylic acids is 1. The summed E-state index contributed by atoms with van der Waals surface area (Å²) in [4.78, 5) is 13.6. The molecule has 1 saturated heterocycles. The molecule has 3 rings (SSSR count). The zero-order valence-electron chi connectivity index (χ0n) is 11.9. The van der Waals surface area contributed by atoms with Crippen molar-refractivity contribution in [3.8, 4) is 11.5 Å². The third-order valence-corrected chi connectivity index (χ3v) is 3.85. The second-order valence-electron chi connectivity index (χ2n) is 5.46. The Labute approximate surface area is 118 Å². The Morgan fingerprint density at radius 2 is 2.10 bits per heavy atom. The van der Waals surface area contributed by atoms with Crippen LogP contribution in [0.2, 0.25) is 0 Å². The molecule has 1 aromatic carbocycles. The zero-order chi connectivity index (χ0) is 14.1. The maximum Gasteiger partial charge on any atom is 0.260 e. The second-order valence-corrected chi connectivity index (χ2v) is 5.46. The van der Waals surface area contributed by atoms with E-state index in [9.17, 15) is 4.79 Å². The molecule has 0 atom stereocenters. The van der Waals surface area contributed by atoms with Gasteiger partial charge in [-0.05, 0) is 44.5 Å². The minimum Gasteiger partial charge on any atom is -0.490 e. The Bertz CT molecular complexity index is 524. The summed E-state index contributed by atoms with van der Waals surface area (Å²) in [7, 11) is 1.74. The van der Waals surface area contributed by atoms with Gasteiger partial charge in [0.05, 0.1) is 5.56 Å². The third kappa shape index (κ3) is 2.45. The van der Waals surface area contributed by atoms with E-state index in [1.54, 1.807) is 11.9 Å². The van der Waals surface area contributed by atoms with E-state index < -0.39 is 0 Å². The normalized spacial score (nSPS) is 19.5. The van der Waals surface area contributed by atoms with E-state index in [0.29, 0.717) is 18.0 Å². The van der Waals surface area contributed by atoms with Crippen LogP contribution in [0.5, 0.6) is 11.5 Å². The van der Waals surface area contributed by atoms with Crippen LogP contribution < -0.4 is 14.8 Å². The molecule has 0 aliphatic carbocycles. The van der Waals surface area contributed by atoms with Crippen molar-refractivity contribution >= 4 is 5.91 Å². The number of ether oxygens (including phenoxy) is 2. The van der Waals surface area contributed by atoms with Gasteiger partial charge in [0.1, 0.15) is 17.6 Å². The monoisotopic (exact) mass is 276 g/mol. The fraction of sp³-hybridized carbons (Fsp3) is 0.533. The molecule has 0 saturated carbocycles. The molecule has 2 aliphatic heterocycles. The summed E-state index contributed by atoms with van der Waals surface area (Å²) in [6, 6.07) is 3.72. The molecule has 20 heavy (non-hydrogen) atoms. The first kappa shape index (κ1) is 13.2. The maximum absolute atomic E-state index is 12.1. The number of nitrogens with zero attached hydrogens (tertiary/aromatic N) is 1. The van der Waals surface area contributed by atoms with Crippen molar-refractivity contribution in [3.05, 3.63) is 23.3 Å². The van der Waals surface area contributed by atoms with Gasteiger partial charge in [-0.1, -0.05) is 0 Å². The van der Waals surface area contributed by atoms with E-state index in [0.717, 1.165) is 37.2 Å². The van der Waals surface area contributed by atoms with Gasteiger partial charge in [0.25, 0.3) is 5.91 Å². The van der Waals surface area contributed by atoms with E-state index >= 15 is 0 Å². The number of carbonyl (C=O) groups is 1. The lowest BCUT2D eigenvalue weighted by Crippen LogP contribution is -2.36. The second kappa shape index (κ2) is 5.32. The Balaban J connectivity index is 1.84. The number of rotatable bonds is 2.